The number of Topliss-reactive ketones (excluding diaryl/α,β-unsaturated/α-hetero) is 1. The van der Waals surface area contributed by atoms with Crippen LogP contribution < -0.4 is 0 Å². The molecular formula is C13H15ClO3S. The summed E-state index contributed by atoms with van der Waals surface area (Å²) >= 11 is 5.77. The maximum absolute atomic E-state index is 12.1. The van der Waals surface area contributed by atoms with Gasteiger partial charge in [0.15, 0.2) is 15.6 Å². The Labute approximate surface area is 112 Å². The van der Waals surface area contributed by atoms with E-state index in [0.29, 0.717) is 5.02 Å². The first-order valence-electron chi connectivity index (χ1n) is 6.00. The normalized spacial score (nSPS) is 16.9. The molecule has 0 radical (unpaired) electrons. The lowest BCUT2D eigenvalue weighted by molar-refractivity contribution is -0.120. The van der Waals surface area contributed by atoms with Gasteiger partial charge in [-0.3, -0.25) is 4.79 Å². The topological polar surface area (TPSA) is 51.2 Å². The number of rotatable bonds is 4. The molecule has 0 amide bonds. The Morgan fingerprint density at radius 3 is 2.56 bits per heavy atom. The van der Waals surface area contributed by atoms with Crippen molar-refractivity contribution in [1.29, 1.82) is 0 Å². The molecule has 18 heavy (non-hydrogen) atoms. The highest BCUT2D eigenvalue weighted by molar-refractivity contribution is 7.92. The summed E-state index contributed by atoms with van der Waals surface area (Å²) < 4.78 is 24.1. The molecule has 0 heterocycles. The van der Waals surface area contributed by atoms with Crippen molar-refractivity contribution in [1.82, 2.24) is 0 Å². The first-order chi connectivity index (χ1) is 8.49. The van der Waals surface area contributed by atoms with Crippen LogP contribution in [0.25, 0.3) is 0 Å². The number of benzene rings is 1. The van der Waals surface area contributed by atoms with Crippen LogP contribution in [0.2, 0.25) is 5.02 Å². The monoisotopic (exact) mass is 286 g/mol. The molecule has 0 bridgehead atoms. The highest BCUT2D eigenvalue weighted by Gasteiger charge is 2.27. The third-order valence-electron chi connectivity index (χ3n) is 3.30. The largest absolute Gasteiger partial charge is 0.298 e. The molecule has 1 aromatic carbocycles. The van der Waals surface area contributed by atoms with Crippen LogP contribution >= 0.6 is 11.6 Å². The van der Waals surface area contributed by atoms with Crippen LogP contribution in [0.15, 0.2) is 29.2 Å². The first kappa shape index (κ1) is 13.6. The van der Waals surface area contributed by atoms with Crippen LogP contribution in [0.1, 0.15) is 25.7 Å². The van der Waals surface area contributed by atoms with Crippen LogP contribution in [0.3, 0.4) is 0 Å². The molecule has 1 aliphatic rings. The van der Waals surface area contributed by atoms with Gasteiger partial charge in [-0.25, -0.2) is 8.42 Å². The number of halogens is 1. The van der Waals surface area contributed by atoms with Crippen molar-refractivity contribution in [2.24, 2.45) is 5.92 Å². The Morgan fingerprint density at radius 2 is 1.94 bits per heavy atom. The van der Waals surface area contributed by atoms with Gasteiger partial charge in [-0.05, 0) is 31.0 Å². The molecule has 0 saturated heterocycles. The van der Waals surface area contributed by atoms with Gasteiger partial charge >= 0.3 is 0 Å². The predicted octanol–water partition coefficient (Wildman–Crippen LogP) is 2.87. The minimum atomic E-state index is -3.55. The molecule has 3 nitrogen and oxygen atoms in total. The quantitative estimate of drug-likeness (QED) is 0.855. The summed E-state index contributed by atoms with van der Waals surface area (Å²) in [6.45, 7) is 0. The third-order valence-corrected chi connectivity index (χ3v) is 5.17. The van der Waals surface area contributed by atoms with Gasteiger partial charge in [0.25, 0.3) is 0 Å². The predicted molar refractivity (Wildman–Crippen MR) is 70.5 cm³/mol. The van der Waals surface area contributed by atoms with E-state index in [-0.39, 0.29) is 16.6 Å². The maximum Gasteiger partial charge on any atom is 0.185 e. The minimum absolute atomic E-state index is 0.0704. The molecular weight excluding hydrogens is 272 g/mol. The fourth-order valence-electron chi connectivity index (χ4n) is 2.30. The Balaban J connectivity index is 2.14. The van der Waals surface area contributed by atoms with Crippen LogP contribution in [0, 0.1) is 5.92 Å². The van der Waals surface area contributed by atoms with E-state index in [0.717, 1.165) is 25.7 Å². The first-order valence-corrected chi connectivity index (χ1v) is 8.03. The molecule has 0 N–H and O–H groups in total. The number of hydrogen-bond acceptors (Lipinski definition) is 3. The molecule has 0 aromatic heterocycles. The lowest BCUT2D eigenvalue weighted by Gasteiger charge is -2.08. The van der Waals surface area contributed by atoms with Crippen LogP contribution in [-0.2, 0) is 14.6 Å². The molecule has 1 aliphatic carbocycles. The van der Waals surface area contributed by atoms with E-state index in [1.807, 2.05) is 0 Å². The highest BCUT2D eigenvalue weighted by atomic mass is 35.5. The Hall–Kier alpha value is -0.870. The van der Waals surface area contributed by atoms with Crippen molar-refractivity contribution < 1.29 is 13.2 Å². The zero-order valence-corrected chi connectivity index (χ0v) is 11.5. The molecule has 98 valence electrons. The standard InChI is InChI=1S/C13H15ClO3S/c14-11-6-3-7-12(8-11)18(16,17)9-13(15)10-4-1-2-5-10/h3,6-8,10H,1-2,4-5,9H2. The second-order valence-corrected chi connectivity index (χ2v) is 7.09. The van der Waals surface area contributed by atoms with Crippen LogP contribution in [0.5, 0.6) is 0 Å². The average molecular weight is 287 g/mol. The summed E-state index contributed by atoms with van der Waals surface area (Å²) in [6, 6.07) is 6.05. The zero-order valence-electron chi connectivity index (χ0n) is 9.93. The van der Waals surface area contributed by atoms with Crippen molar-refractivity contribution in [3.05, 3.63) is 29.3 Å². The second-order valence-electron chi connectivity index (χ2n) is 4.66. The van der Waals surface area contributed by atoms with Gasteiger partial charge in [0.1, 0.15) is 5.75 Å². The van der Waals surface area contributed by atoms with E-state index < -0.39 is 15.6 Å². The van der Waals surface area contributed by atoms with Gasteiger partial charge in [-0.1, -0.05) is 30.5 Å². The summed E-state index contributed by atoms with van der Waals surface area (Å²) in [7, 11) is -3.55. The van der Waals surface area contributed by atoms with Crippen molar-refractivity contribution in [3.63, 3.8) is 0 Å². The lowest BCUT2D eigenvalue weighted by Crippen LogP contribution is -2.22. The van der Waals surface area contributed by atoms with Gasteiger partial charge in [-0.15, -0.1) is 0 Å². The Bertz CT molecular complexity index is 545. The van der Waals surface area contributed by atoms with E-state index >= 15 is 0 Å². The molecule has 1 saturated carbocycles. The molecule has 5 heteroatoms. The fourth-order valence-corrected chi connectivity index (χ4v) is 3.92. The van der Waals surface area contributed by atoms with E-state index in [4.69, 9.17) is 11.6 Å². The second kappa shape index (κ2) is 5.41. The van der Waals surface area contributed by atoms with Gasteiger partial charge < -0.3 is 0 Å². The summed E-state index contributed by atoms with van der Waals surface area (Å²) in [6.07, 6.45) is 3.69. The highest BCUT2D eigenvalue weighted by Crippen LogP contribution is 2.27. The minimum Gasteiger partial charge on any atom is -0.298 e. The molecule has 1 aromatic rings. The zero-order chi connectivity index (χ0) is 13.2. The molecule has 1 fully saturated rings. The number of hydrogen-bond donors (Lipinski definition) is 0. The average Bonchev–Trinajstić information content (AvgIpc) is 2.82. The van der Waals surface area contributed by atoms with E-state index in [2.05, 4.69) is 0 Å². The van der Waals surface area contributed by atoms with Crippen molar-refractivity contribution in [2.75, 3.05) is 5.75 Å². The molecule has 2 rings (SSSR count). The summed E-state index contributed by atoms with van der Waals surface area (Å²) in [5.74, 6) is -0.635. The molecule has 0 aliphatic heterocycles. The fraction of sp³-hybridized carbons (Fsp3) is 0.462. The Morgan fingerprint density at radius 1 is 1.28 bits per heavy atom. The SMILES string of the molecule is O=C(CS(=O)(=O)c1cccc(Cl)c1)C1CCCC1. The molecule has 0 atom stereocenters. The summed E-state index contributed by atoms with van der Waals surface area (Å²) in [4.78, 5) is 12.0. The van der Waals surface area contributed by atoms with Gasteiger partial charge in [0, 0.05) is 10.9 Å². The van der Waals surface area contributed by atoms with Crippen LogP contribution in [0.4, 0.5) is 0 Å². The lowest BCUT2D eigenvalue weighted by atomic mass is 10.0. The van der Waals surface area contributed by atoms with Gasteiger partial charge in [-0.2, -0.15) is 0 Å². The number of carbonyl (C=O) groups is 1. The van der Waals surface area contributed by atoms with E-state index in [1.54, 1.807) is 12.1 Å². The van der Waals surface area contributed by atoms with E-state index in [9.17, 15) is 13.2 Å². The smallest absolute Gasteiger partial charge is 0.185 e. The van der Waals surface area contributed by atoms with Gasteiger partial charge in [0.05, 0.1) is 4.90 Å². The van der Waals surface area contributed by atoms with Crippen molar-refractivity contribution in [2.45, 2.75) is 30.6 Å². The Kier molecular flexibility index (Phi) is 4.07. The van der Waals surface area contributed by atoms with Crippen LogP contribution in [-0.4, -0.2) is 20.0 Å². The summed E-state index contributed by atoms with van der Waals surface area (Å²) in [5, 5.41) is 0.365. The maximum atomic E-state index is 12.1. The molecule has 0 unspecified atom stereocenters. The van der Waals surface area contributed by atoms with Crippen molar-refractivity contribution >= 4 is 27.2 Å². The summed E-state index contributed by atoms with van der Waals surface area (Å²) in [5.41, 5.74) is 0. The van der Waals surface area contributed by atoms with E-state index in [1.165, 1.54) is 12.1 Å². The third kappa shape index (κ3) is 3.12. The molecule has 0 spiro atoms. The van der Waals surface area contributed by atoms with Crippen molar-refractivity contribution in [3.8, 4) is 0 Å². The number of ketones is 1. The number of sulfone groups is 1. The van der Waals surface area contributed by atoms with Gasteiger partial charge in [0.2, 0.25) is 0 Å². The number of carbonyl (C=O) groups excluding carboxylic acids is 1.